The largest absolute Gasteiger partial charge is 0.460 e. The summed E-state index contributed by atoms with van der Waals surface area (Å²) >= 11 is 0. The molecule has 2 aromatic heterocycles. The molecule has 2 heterocycles. The Balaban J connectivity index is 0.000000401. The van der Waals surface area contributed by atoms with Gasteiger partial charge in [0.25, 0.3) is 0 Å². The van der Waals surface area contributed by atoms with Crippen LogP contribution in [-0.4, -0.2) is 72.5 Å². The third-order valence-electron chi connectivity index (χ3n) is 4.35. The molecule has 0 aliphatic rings. The van der Waals surface area contributed by atoms with Crippen LogP contribution in [0.15, 0.2) is 12.7 Å². The van der Waals surface area contributed by atoms with Gasteiger partial charge in [0.15, 0.2) is 23.5 Å². The predicted octanol–water partition coefficient (Wildman–Crippen LogP) is 2.33. The average molecular weight is 548 g/mol. The zero-order valence-corrected chi connectivity index (χ0v) is 23.4. The molecule has 37 heavy (non-hydrogen) atoms. The Morgan fingerprint density at radius 3 is 2.00 bits per heavy atom. The van der Waals surface area contributed by atoms with Crippen LogP contribution in [0.25, 0.3) is 11.2 Å². The van der Waals surface area contributed by atoms with Crippen LogP contribution in [0.5, 0.6) is 0 Å². The Bertz CT molecular complexity index is 1080. The van der Waals surface area contributed by atoms with Gasteiger partial charge in [-0.15, -0.1) is 0 Å². The molecule has 14 nitrogen and oxygen atoms in total. The standard InChI is InChI=1S/C11H18N5O5P.C11H20O4/c1-3-11(4-20-2,21-7-22(17,18)19)16-6-15-8-9(12)13-5-14-10(8)16;1-10(2,3)14-8(12)7-9(13)15-11(4,5)6/h5-6H,3-4,7H2,1-2H3,(H2,12,13,14)(H2,17,18,19);7H2,1-6H3. The van der Waals surface area contributed by atoms with Gasteiger partial charge in [-0.3, -0.25) is 18.7 Å². The van der Waals surface area contributed by atoms with E-state index in [1.165, 1.54) is 19.8 Å². The van der Waals surface area contributed by atoms with Crippen molar-refractivity contribution in [1.29, 1.82) is 0 Å². The maximum Gasteiger partial charge on any atom is 0.351 e. The van der Waals surface area contributed by atoms with Gasteiger partial charge < -0.3 is 34.5 Å². The Morgan fingerprint density at radius 1 is 1.03 bits per heavy atom. The fourth-order valence-electron chi connectivity index (χ4n) is 3.01. The predicted molar refractivity (Wildman–Crippen MR) is 134 cm³/mol. The second-order valence-electron chi connectivity index (χ2n) is 10.1. The molecule has 0 fully saturated rings. The molecule has 0 aliphatic carbocycles. The van der Waals surface area contributed by atoms with Gasteiger partial charge in [-0.1, -0.05) is 6.92 Å². The minimum Gasteiger partial charge on any atom is -0.460 e. The van der Waals surface area contributed by atoms with Crippen LogP contribution in [0.3, 0.4) is 0 Å². The summed E-state index contributed by atoms with van der Waals surface area (Å²) in [4.78, 5) is 52.7. The quantitative estimate of drug-likeness (QED) is 0.235. The van der Waals surface area contributed by atoms with Crippen LogP contribution in [0.4, 0.5) is 5.82 Å². The zero-order valence-electron chi connectivity index (χ0n) is 22.5. The van der Waals surface area contributed by atoms with E-state index in [1.54, 1.807) is 53.0 Å². The molecule has 15 heteroatoms. The van der Waals surface area contributed by atoms with Crippen LogP contribution in [0.2, 0.25) is 0 Å². The van der Waals surface area contributed by atoms with E-state index in [0.29, 0.717) is 17.6 Å². The minimum absolute atomic E-state index is 0.0544. The number of nitrogens with zero attached hydrogens (tertiary/aromatic N) is 4. The second kappa shape index (κ2) is 12.7. The Hall–Kier alpha value is -2.64. The first kappa shape index (κ1) is 32.4. The van der Waals surface area contributed by atoms with E-state index in [4.69, 9.17) is 34.5 Å². The smallest absolute Gasteiger partial charge is 0.351 e. The SMILES string of the molecule is CC(C)(C)OC(=O)CC(=O)OC(C)(C)C.CCC(COC)(OCP(=O)(O)O)n1cnc2c(N)ncnc21. The Morgan fingerprint density at radius 2 is 1.57 bits per heavy atom. The first-order valence-corrected chi connectivity index (χ1v) is 13.2. The van der Waals surface area contributed by atoms with Crippen LogP contribution in [0, 0.1) is 0 Å². The lowest BCUT2D eigenvalue weighted by molar-refractivity contribution is -0.166. The molecule has 0 saturated carbocycles. The molecule has 0 aromatic carbocycles. The lowest BCUT2D eigenvalue weighted by Crippen LogP contribution is -2.40. The molecule has 1 unspecified atom stereocenters. The van der Waals surface area contributed by atoms with Crippen molar-refractivity contribution in [2.75, 3.05) is 25.8 Å². The van der Waals surface area contributed by atoms with Crippen molar-refractivity contribution in [2.24, 2.45) is 0 Å². The number of hydrogen-bond donors (Lipinski definition) is 3. The lowest BCUT2D eigenvalue weighted by atomic mass is 10.1. The van der Waals surface area contributed by atoms with Gasteiger partial charge in [0, 0.05) is 7.11 Å². The number of nitrogen functional groups attached to an aromatic ring is 1. The highest BCUT2D eigenvalue weighted by Crippen LogP contribution is 2.38. The summed E-state index contributed by atoms with van der Waals surface area (Å²) in [6.07, 6.45) is 2.01. The zero-order chi connectivity index (χ0) is 28.7. The van der Waals surface area contributed by atoms with Crippen molar-refractivity contribution >= 4 is 36.5 Å². The van der Waals surface area contributed by atoms with Gasteiger partial charge in [0.1, 0.15) is 29.5 Å². The number of hydrogen-bond acceptors (Lipinski definition) is 11. The number of carbonyl (C=O) groups is 2. The van der Waals surface area contributed by atoms with E-state index in [0.717, 1.165) is 0 Å². The number of ether oxygens (including phenoxy) is 4. The number of fused-ring (bicyclic) bond motifs is 1. The van der Waals surface area contributed by atoms with Crippen molar-refractivity contribution < 1.29 is 42.9 Å². The maximum absolute atomic E-state index is 11.2. The molecule has 0 aliphatic heterocycles. The highest BCUT2D eigenvalue weighted by Gasteiger charge is 2.36. The van der Waals surface area contributed by atoms with Crippen LogP contribution in [0.1, 0.15) is 61.3 Å². The molecule has 0 amide bonds. The average Bonchev–Trinajstić information content (AvgIpc) is 3.14. The van der Waals surface area contributed by atoms with Gasteiger partial charge in [-0.25, -0.2) is 15.0 Å². The molecule has 1 atom stereocenters. The summed E-state index contributed by atoms with van der Waals surface area (Å²) in [6, 6.07) is 0. The molecule has 2 aromatic rings. The molecule has 0 radical (unpaired) electrons. The topological polar surface area (TPSA) is 198 Å². The van der Waals surface area contributed by atoms with Gasteiger partial charge in [0.05, 0.1) is 12.9 Å². The molecule has 0 saturated heterocycles. The van der Waals surface area contributed by atoms with Crippen molar-refractivity contribution in [3.05, 3.63) is 12.7 Å². The number of carbonyl (C=O) groups excluding carboxylic acids is 2. The minimum atomic E-state index is -4.34. The first-order valence-electron chi connectivity index (χ1n) is 11.4. The molecule has 2 rings (SSSR count). The van der Waals surface area contributed by atoms with E-state index in [1.807, 2.05) is 0 Å². The molecular formula is C22H38N5O9P. The normalized spacial score (nSPS) is 13.9. The van der Waals surface area contributed by atoms with E-state index in [-0.39, 0.29) is 18.8 Å². The van der Waals surface area contributed by atoms with E-state index >= 15 is 0 Å². The van der Waals surface area contributed by atoms with E-state index in [9.17, 15) is 14.2 Å². The molecule has 210 valence electrons. The summed E-state index contributed by atoms with van der Waals surface area (Å²) in [7, 11) is -2.87. The molecule has 4 N–H and O–H groups in total. The number of anilines is 1. The number of methoxy groups -OCH3 is 1. The highest BCUT2D eigenvalue weighted by molar-refractivity contribution is 7.51. The highest BCUT2D eigenvalue weighted by atomic mass is 31.2. The fraction of sp³-hybridized carbons (Fsp3) is 0.682. The number of imidazole rings is 1. The number of nitrogens with two attached hydrogens (primary N) is 1. The molecule has 0 spiro atoms. The third-order valence-corrected chi connectivity index (χ3v) is 4.82. The third kappa shape index (κ3) is 11.1. The summed E-state index contributed by atoms with van der Waals surface area (Å²) in [5, 5.41) is 0. The summed E-state index contributed by atoms with van der Waals surface area (Å²) < 4.78 is 33.3. The van der Waals surface area contributed by atoms with Gasteiger partial charge in [0.2, 0.25) is 0 Å². The van der Waals surface area contributed by atoms with Crippen molar-refractivity contribution in [3.8, 4) is 0 Å². The molecule has 0 bridgehead atoms. The van der Waals surface area contributed by atoms with E-state index in [2.05, 4.69) is 15.0 Å². The van der Waals surface area contributed by atoms with Gasteiger partial charge in [-0.2, -0.15) is 0 Å². The number of aromatic nitrogens is 4. The lowest BCUT2D eigenvalue weighted by Gasteiger charge is -2.33. The Labute approximate surface area is 216 Å². The van der Waals surface area contributed by atoms with Crippen LogP contribution in [-0.2, 0) is 38.8 Å². The van der Waals surface area contributed by atoms with E-state index < -0.39 is 42.8 Å². The number of esters is 2. The fourth-order valence-corrected chi connectivity index (χ4v) is 3.42. The second-order valence-corrected chi connectivity index (χ2v) is 11.7. The van der Waals surface area contributed by atoms with Crippen molar-refractivity contribution in [1.82, 2.24) is 19.5 Å². The number of rotatable bonds is 9. The maximum atomic E-state index is 11.2. The van der Waals surface area contributed by atoms with Crippen molar-refractivity contribution in [2.45, 2.75) is 78.2 Å². The first-order chi connectivity index (χ1) is 16.8. The Kier molecular flexibility index (Phi) is 11.2. The van der Waals surface area contributed by atoms with Gasteiger partial charge >= 0.3 is 19.5 Å². The summed E-state index contributed by atoms with van der Waals surface area (Å²) in [6.45, 7) is 12.4. The van der Waals surface area contributed by atoms with Crippen LogP contribution < -0.4 is 5.73 Å². The summed E-state index contributed by atoms with van der Waals surface area (Å²) in [5.41, 5.74) is 4.23. The molecular weight excluding hydrogens is 509 g/mol. The van der Waals surface area contributed by atoms with Gasteiger partial charge in [-0.05, 0) is 48.0 Å². The summed E-state index contributed by atoms with van der Waals surface area (Å²) in [5.74, 6) is -0.908. The van der Waals surface area contributed by atoms with Crippen LogP contribution >= 0.6 is 7.60 Å². The monoisotopic (exact) mass is 547 g/mol. The van der Waals surface area contributed by atoms with Crippen molar-refractivity contribution in [3.63, 3.8) is 0 Å².